The molecule has 0 aliphatic heterocycles. The Bertz CT molecular complexity index is 935. The molecule has 0 spiro atoms. The van der Waals surface area contributed by atoms with Crippen LogP contribution < -0.4 is 5.32 Å². The van der Waals surface area contributed by atoms with E-state index in [2.05, 4.69) is 5.32 Å². The summed E-state index contributed by atoms with van der Waals surface area (Å²) in [7, 11) is -1.10. The van der Waals surface area contributed by atoms with Crippen molar-refractivity contribution in [3.63, 3.8) is 0 Å². The fourth-order valence-corrected chi connectivity index (χ4v) is 5.39. The molecule has 10 heteroatoms. The van der Waals surface area contributed by atoms with Gasteiger partial charge in [0.15, 0.2) is 5.37 Å². The van der Waals surface area contributed by atoms with Crippen LogP contribution >= 0.6 is 57.4 Å². The maximum absolute atomic E-state index is 13.2. The number of carbonyl (C=O) groups excluding carboxylic acids is 1. The van der Waals surface area contributed by atoms with Crippen molar-refractivity contribution in [2.45, 2.75) is 14.7 Å². The van der Waals surface area contributed by atoms with E-state index in [1.54, 1.807) is 24.3 Å². The lowest BCUT2D eigenvalue weighted by Gasteiger charge is -2.35. The Morgan fingerprint density at radius 3 is 2.19 bits per heavy atom. The van der Waals surface area contributed by atoms with E-state index >= 15 is 0 Å². The van der Waals surface area contributed by atoms with Gasteiger partial charge in [0, 0.05) is 8.59 Å². The van der Waals surface area contributed by atoms with Crippen molar-refractivity contribution in [2.24, 2.45) is 0 Å². The number of halogens is 4. The first-order chi connectivity index (χ1) is 12.5. The lowest BCUT2D eigenvalue weighted by molar-refractivity contribution is 0.0935. The molecule has 146 valence electrons. The van der Waals surface area contributed by atoms with Crippen molar-refractivity contribution in [3.05, 3.63) is 62.7 Å². The second-order valence-corrected chi connectivity index (χ2v) is 10.8. The molecule has 5 nitrogen and oxygen atoms in total. The van der Waals surface area contributed by atoms with Crippen LogP contribution in [0.5, 0.6) is 0 Å². The molecule has 27 heavy (non-hydrogen) atoms. The van der Waals surface area contributed by atoms with E-state index < -0.39 is 25.6 Å². The monoisotopic (exact) mass is 560 g/mol. The van der Waals surface area contributed by atoms with E-state index in [9.17, 15) is 13.2 Å². The van der Waals surface area contributed by atoms with Crippen molar-refractivity contribution in [1.29, 1.82) is 0 Å². The van der Waals surface area contributed by atoms with Gasteiger partial charge in [-0.15, -0.1) is 0 Å². The first-order valence-electron chi connectivity index (χ1n) is 7.58. The highest BCUT2D eigenvalue weighted by atomic mass is 127. The minimum atomic E-state index is -4.14. The van der Waals surface area contributed by atoms with Gasteiger partial charge in [0.1, 0.15) is 0 Å². The second kappa shape index (κ2) is 8.84. The van der Waals surface area contributed by atoms with Crippen molar-refractivity contribution in [3.8, 4) is 0 Å². The smallest absolute Gasteiger partial charge is 0.253 e. The third-order valence-electron chi connectivity index (χ3n) is 3.74. The number of alkyl halides is 2. The Morgan fingerprint density at radius 2 is 1.67 bits per heavy atom. The number of likely N-dealkylation sites (N-methyl/N-ethyl adjacent to an activating group) is 1. The first kappa shape index (κ1) is 22.7. The number of sulfone groups is 1. The molecule has 1 N–H and O–H groups in total. The van der Waals surface area contributed by atoms with E-state index in [0.29, 0.717) is 14.2 Å². The standard InChI is InChI=1S/C17H16Cl3IN2O3S/c1-23(2)17(19,20)16(22-15(24)13-5-3-4-6-14(13)21)27(25,26)12-9-7-11(18)8-10-12/h3-10,16H,1-2H3,(H,22,24). The molecule has 0 radical (unpaired) electrons. The second-order valence-electron chi connectivity index (χ2n) is 5.81. The van der Waals surface area contributed by atoms with Crippen LogP contribution in [0.3, 0.4) is 0 Å². The maximum Gasteiger partial charge on any atom is 0.253 e. The Hall–Kier alpha value is -0.580. The molecular weight excluding hydrogens is 546 g/mol. The van der Waals surface area contributed by atoms with Gasteiger partial charge in [-0.05, 0) is 73.1 Å². The van der Waals surface area contributed by atoms with E-state index in [4.69, 9.17) is 34.8 Å². The highest BCUT2D eigenvalue weighted by Crippen LogP contribution is 2.34. The van der Waals surface area contributed by atoms with Crippen molar-refractivity contribution >= 4 is 73.1 Å². The predicted octanol–water partition coefficient (Wildman–Crippen LogP) is 4.17. The van der Waals surface area contributed by atoms with Crippen LogP contribution in [0.4, 0.5) is 0 Å². The zero-order chi connectivity index (χ0) is 20.4. The third kappa shape index (κ3) is 5.07. The van der Waals surface area contributed by atoms with Gasteiger partial charge < -0.3 is 5.32 Å². The lowest BCUT2D eigenvalue weighted by atomic mass is 10.2. The van der Waals surface area contributed by atoms with Crippen LogP contribution in [-0.2, 0) is 9.84 Å². The molecule has 2 rings (SSSR count). The molecule has 0 aliphatic carbocycles. The summed E-state index contributed by atoms with van der Waals surface area (Å²) in [6.45, 7) is 0. The number of nitrogens with one attached hydrogen (secondary N) is 1. The molecule has 1 amide bonds. The van der Waals surface area contributed by atoms with E-state index in [1.807, 2.05) is 22.6 Å². The first-order valence-corrected chi connectivity index (χ1v) is 11.3. The molecule has 0 saturated carbocycles. The largest absolute Gasteiger partial charge is 0.331 e. The van der Waals surface area contributed by atoms with Gasteiger partial charge >= 0.3 is 0 Å². The topological polar surface area (TPSA) is 66.5 Å². The van der Waals surface area contributed by atoms with Crippen LogP contribution in [0.2, 0.25) is 5.02 Å². The van der Waals surface area contributed by atoms with Crippen LogP contribution in [0, 0.1) is 3.57 Å². The number of hydrogen-bond donors (Lipinski definition) is 1. The maximum atomic E-state index is 13.2. The van der Waals surface area contributed by atoms with Crippen molar-refractivity contribution in [2.75, 3.05) is 14.1 Å². The highest BCUT2D eigenvalue weighted by Gasteiger charge is 2.47. The van der Waals surface area contributed by atoms with Gasteiger partial charge in [0.25, 0.3) is 5.91 Å². The van der Waals surface area contributed by atoms with Crippen LogP contribution in [0.1, 0.15) is 10.4 Å². The summed E-state index contributed by atoms with van der Waals surface area (Å²) in [5.74, 6) is -0.602. The summed E-state index contributed by atoms with van der Waals surface area (Å²) in [6.07, 6.45) is 0. The minimum Gasteiger partial charge on any atom is -0.331 e. The lowest BCUT2D eigenvalue weighted by Crippen LogP contribution is -2.57. The molecule has 0 bridgehead atoms. The Morgan fingerprint density at radius 1 is 1.11 bits per heavy atom. The molecule has 2 aromatic carbocycles. The zero-order valence-electron chi connectivity index (χ0n) is 14.3. The van der Waals surface area contributed by atoms with Crippen LogP contribution in [0.25, 0.3) is 0 Å². The molecule has 1 unspecified atom stereocenters. The fourth-order valence-electron chi connectivity index (χ4n) is 2.19. The number of amides is 1. The molecule has 2 aromatic rings. The average molecular weight is 562 g/mol. The van der Waals surface area contributed by atoms with Gasteiger partial charge in [0.05, 0.1) is 10.5 Å². The number of rotatable bonds is 6. The molecule has 1 atom stereocenters. The Labute approximate surface area is 187 Å². The summed E-state index contributed by atoms with van der Waals surface area (Å²) < 4.78 is 25.1. The summed E-state index contributed by atoms with van der Waals surface area (Å²) in [4.78, 5) is 14.0. The molecule has 0 saturated heterocycles. The van der Waals surface area contributed by atoms with Crippen molar-refractivity contribution < 1.29 is 13.2 Å². The molecule has 0 heterocycles. The normalized spacial score (nSPS) is 13.4. The van der Waals surface area contributed by atoms with E-state index in [-0.39, 0.29) is 4.90 Å². The summed E-state index contributed by atoms with van der Waals surface area (Å²) >= 11 is 20.5. The van der Waals surface area contributed by atoms with Gasteiger partial charge in [-0.25, -0.2) is 8.42 Å². The van der Waals surface area contributed by atoms with E-state index in [0.717, 1.165) is 0 Å². The molecular formula is C17H16Cl3IN2O3S. The van der Waals surface area contributed by atoms with Gasteiger partial charge in [-0.2, -0.15) is 0 Å². The van der Waals surface area contributed by atoms with Gasteiger partial charge in [0.2, 0.25) is 14.3 Å². The minimum absolute atomic E-state index is 0.0625. The third-order valence-corrected chi connectivity index (χ3v) is 8.32. The SMILES string of the molecule is CN(C)C(Cl)(Cl)C(NC(=O)c1ccccc1I)S(=O)(=O)c1ccc(Cl)cc1. The van der Waals surface area contributed by atoms with Gasteiger partial charge in [-0.1, -0.05) is 46.9 Å². The fraction of sp³-hybridized carbons (Fsp3) is 0.235. The van der Waals surface area contributed by atoms with Crippen LogP contribution in [-0.4, -0.2) is 43.2 Å². The summed E-state index contributed by atoms with van der Waals surface area (Å²) in [5, 5.41) is 1.23. The molecule has 0 aromatic heterocycles. The molecule has 0 fully saturated rings. The highest BCUT2D eigenvalue weighted by molar-refractivity contribution is 14.1. The quantitative estimate of drug-likeness (QED) is 0.327. The summed E-state index contributed by atoms with van der Waals surface area (Å²) in [5.41, 5.74) is 0.317. The predicted molar refractivity (Wildman–Crippen MR) is 117 cm³/mol. The average Bonchev–Trinajstić information content (AvgIpc) is 2.59. The number of benzene rings is 2. The van der Waals surface area contributed by atoms with Gasteiger partial charge in [-0.3, -0.25) is 9.69 Å². The molecule has 0 aliphatic rings. The van der Waals surface area contributed by atoms with Crippen molar-refractivity contribution in [1.82, 2.24) is 10.2 Å². The number of hydrogen-bond acceptors (Lipinski definition) is 4. The Balaban J connectivity index is 2.51. The van der Waals surface area contributed by atoms with E-state index in [1.165, 1.54) is 43.3 Å². The Kier molecular flexibility index (Phi) is 7.43. The zero-order valence-corrected chi connectivity index (χ0v) is 19.5. The number of carbonyl (C=O) groups is 1. The summed E-state index contributed by atoms with van der Waals surface area (Å²) in [6, 6.07) is 12.3. The number of nitrogens with zero attached hydrogens (tertiary/aromatic N) is 1. The van der Waals surface area contributed by atoms with Crippen LogP contribution in [0.15, 0.2) is 53.4 Å².